The van der Waals surface area contributed by atoms with Crippen LogP contribution in [-0.2, 0) is 0 Å². The molecule has 0 spiro atoms. The van der Waals surface area contributed by atoms with Crippen molar-refractivity contribution in [2.75, 3.05) is 0 Å². The van der Waals surface area contributed by atoms with E-state index in [1.54, 1.807) is 6.07 Å². The third-order valence-corrected chi connectivity index (χ3v) is 1.65. The molecule has 0 fully saturated rings. The summed E-state index contributed by atoms with van der Waals surface area (Å²) in [6.07, 6.45) is 0. The van der Waals surface area contributed by atoms with Gasteiger partial charge in [-0.2, -0.15) is 4.39 Å². The molecule has 0 aliphatic rings. The van der Waals surface area contributed by atoms with E-state index in [4.69, 9.17) is 5.39 Å². The minimum Gasteiger partial charge on any atom is -0.197 e. The zero-order valence-electron chi connectivity index (χ0n) is 4.88. The summed E-state index contributed by atoms with van der Waals surface area (Å²) >= 11 is 2.94. The van der Waals surface area contributed by atoms with Crippen molar-refractivity contribution in [2.24, 2.45) is 0 Å². The molecule has 2 nitrogen and oxygen atoms in total. The van der Waals surface area contributed by atoms with Crippen LogP contribution in [0.1, 0.15) is 0 Å². The summed E-state index contributed by atoms with van der Waals surface area (Å²) in [5.41, 5.74) is -0.0608. The first-order valence-corrected chi connectivity index (χ1v) is 3.34. The summed E-state index contributed by atoms with van der Waals surface area (Å²) in [7, 11) is 0. The van der Waals surface area contributed by atoms with Crippen molar-refractivity contribution < 1.29 is 4.39 Å². The fraction of sp³-hybridized carbons (Fsp3) is 0. The van der Waals surface area contributed by atoms with Gasteiger partial charge in [0.05, 0.1) is 4.47 Å². The van der Waals surface area contributed by atoms with Crippen LogP contribution >= 0.6 is 15.9 Å². The lowest BCUT2D eigenvalue weighted by Crippen LogP contribution is -1.74. The Kier molecular flexibility index (Phi) is 1.97. The van der Waals surface area contributed by atoms with E-state index in [0.29, 0.717) is 4.47 Å². The van der Waals surface area contributed by atoms with Gasteiger partial charge in [0, 0.05) is 6.07 Å². The van der Waals surface area contributed by atoms with Crippen LogP contribution in [-0.4, -0.2) is 0 Å². The first-order valence-electron chi connectivity index (χ1n) is 2.55. The molecular weight excluding hydrogens is 199 g/mol. The van der Waals surface area contributed by atoms with Crippen LogP contribution in [0.2, 0.25) is 0 Å². The second kappa shape index (κ2) is 2.76. The normalized spacial score (nSPS) is 8.90. The maximum atomic E-state index is 12.7. The fourth-order valence-corrected chi connectivity index (χ4v) is 0.925. The Hall–Kier alpha value is -0.950. The van der Waals surface area contributed by atoms with Gasteiger partial charge in [0.15, 0.2) is 4.98 Å². The molecule has 0 radical (unpaired) electrons. The Bertz CT molecular complexity index is 292. The molecule has 0 amide bonds. The van der Waals surface area contributed by atoms with Crippen molar-refractivity contribution in [2.45, 2.75) is 0 Å². The van der Waals surface area contributed by atoms with Crippen molar-refractivity contribution >= 4 is 21.6 Å². The topological polar surface area (TPSA) is 28.1 Å². The molecule has 0 aliphatic carbocycles. The molecule has 0 aromatic heterocycles. The zero-order chi connectivity index (χ0) is 7.56. The van der Waals surface area contributed by atoms with Gasteiger partial charge in [-0.3, -0.25) is 0 Å². The first-order chi connectivity index (χ1) is 4.75. The zero-order valence-corrected chi connectivity index (χ0v) is 6.47. The van der Waals surface area contributed by atoms with Gasteiger partial charge < -0.3 is 0 Å². The summed E-state index contributed by atoms with van der Waals surface area (Å²) in [6, 6.07) is 4.49. The summed E-state index contributed by atoms with van der Waals surface area (Å²) in [5.74, 6) is -0.551. The minimum atomic E-state index is -0.551. The minimum absolute atomic E-state index is 0.0608. The average Bonchev–Trinajstić information content (AvgIpc) is 1.95. The molecule has 4 heteroatoms. The number of diazo groups is 1. The quantitative estimate of drug-likeness (QED) is 0.594. The molecule has 0 N–H and O–H groups in total. The number of hydrogen-bond acceptors (Lipinski definition) is 1. The SMILES string of the molecule is N#[N+]c1cccc(Br)c1F. The van der Waals surface area contributed by atoms with Crippen LogP contribution in [0.25, 0.3) is 4.98 Å². The van der Waals surface area contributed by atoms with Crippen LogP contribution in [0.4, 0.5) is 10.1 Å². The highest BCUT2D eigenvalue weighted by Gasteiger charge is 2.14. The van der Waals surface area contributed by atoms with E-state index >= 15 is 0 Å². The van der Waals surface area contributed by atoms with Gasteiger partial charge in [0.2, 0.25) is 11.2 Å². The average molecular weight is 202 g/mol. The number of nitrogens with zero attached hydrogens (tertiary/aromatic N) is 2. The Balaban J connectivity index is 3.31. The predicted octanol–water partition coefficient (Wildman–Crippen LogP) is 3.07. The molecule has 0 aliphatic heterocycles. The van der Waals surface area contributed by atoms with Gasteiger partial charge in [-0.25, -0.2) is 0 Å². The van der Waals surface area contributed by atoms with Crippen molar-refractivity contribution in [1.82, 2.24) is 0 Å². The van der Waals surface area contributed by atoms with E-state index in [1.807, 2.05) is 0 Å². The van der Waals surface area contributed by atoms with Gasteiger partial charge in [-0.05, 0) is 22.0 Å². The monoisotopic (exact) mass is 201 g/mol. The Morgan fingerprint density at radius 2 is 2.20 bits per heavy atom. The van der Waals surface area contributed by atoms with Crippen molar-refractivity contribution in [3.8, 4) is 0 Å². The maximum absolute atomic E-state index is 12.7. The van der Waals surface area contributed by atoms with Crippen LogP contribution in [0.5, 0.6) is 0 Å². The second-order valence-corrected chi connectivity index (χ2v) is 2.53. The summed E-state index contributed by atoms with van der Waals surface area (Å²) in [6.45, 7) is 0. The number of rotatable bonds is 0. The van der Waals surface area contributed by atoms with E-state index in [0.717, 1.165) is 0 Å². The lowest BCUT2D eigenvalue weighted by molar-refractivity contribution is 0.626. The number of halogens is 2. The number of hydrogen-bond donors (Lipinski definition) is 0. The highest BCUT2D eigenvalue weighted by Crippen LogP contribution is 2.24. The third kappa shape index (κ3) is 1.14. The maximum Gasteiger partial charge on any atom is 0.421 e. The lowest BCUT2D eigenvalue weighted by atomic mass is 10.3. The predicted molar refractivity (Wildman–Crippen MR) is 38.8 cm³/mol. The standard InChI is InChI=1S/C6H3BrFN2/c7-4-2-1-3-5(10-9)6(4)8/h1-3H/q+1. The van der Waals surface area contributed by atoms with E-state index in [-0.39, 0.29) is 5.69 Å². The molecule has 0 bridgehead atoms. The summed E-state index contributed by atoms with van der Waals surface area (Å²) in [4.78, 5) is 2.73. The molecule has 0 atom stereocenters. The lowest BCUT2D eigenvalue weighted by Gasteiger charge is -1.85. The van der Waals surface area contributed by atoms with Gasteiger partial charge in [0.1, 0.15) is 0 Å². The molecule has 1 aromatic rings. The van der Waals surface area contributed by atoms with Crippen LogP contribution in [0.15, 0.2) is 22.7 Å². The molecule has 1 rings (SSSR count). The van der Waals surface area contributed by atoms with Crippen LogP contribution < -0.4 is 0 Å². The molecule has 50 valence electrons. The molecular formula is C6H3BrFN2+. The largest absolute Gasteiger partial charge is 0.421 e. The van der Waals surface area contributed by atoms with E-state index in [9.17, 15) is 4.39 Å². The highest BCUT2D eigenvalue weighted by atomic mass is 79.9. The van der Waals surface area contributed by atoms with Crippen molar-refractivity contribution in [3.63, 3.8) is 0 Å². The fourth-order valence-electron chi connectivity index (χ4n) is 0.570. The third-order valence-electron chi connectivity index (χ3n) is 1.04. The molecule has 10 heavy (non-hydrogen) atoms. The van der Waals surface area contributed by atoms with Gasteiger partial charge in [-0.15, -0.1) is 0 Å². The summed E-state index contributed by atoms with van der Waals surface area (Å²) < 4.78 is 13.0. The van der Waals surface area contributed by atoms with Gasteiger partial charge in [0.25, 0.3) is 0 Å². The van der Waals surface area contributed by atoms with Crippen LogP contribution in [0.3, 0.4) is 0 Å². The van der Waals surface area contributed by atoms with Crippen molar-refractivity contribution in [1.29, 1.82) is 5.39 Å². The van der Waals surface area contributed by atoms with Gasteiger partial charge >= 0.3 is 5.69 Å². The molecule has 0 heterocycles. The molecule has 0 unspecified atom stereocenters. The number of benzene rings is 1. The van der Waals surface area contributed by atoms with E-state index in [1.165, 1.54) is 12.1 Å². The Morgan fingerprint density at radius 1 is 1.50 bits per heavy atom. The molecule has 1 aromatic carbocycles. The summed E-state index contributed by atoms with van der Waals surface area (Å²) in [5, 5.41) is 8.21. The smallest absolute Gasteiger partial charge is 0.197 e. The van der Waals surface area contributed by atoms with E-state index in [2.05, 4.69) is 20.9 Å². The first kappa shape index (κ1) is 7.16. The highest BCUT2D eigenvalue weighted by molar-refractivity contribution is 9.10. The Labute approximate surface area is 65.4 Å². The van der Waals surface area contributed by atoms with Crippen LogP contribution in [0, 0.1) is 11.2 Å². The molecule has 0 saturated carbocycles. The Morgan fingerprint density at radius 3 is 2.70 bits per heavy atom. The van der Waals surface area contributed by atoms with E-state index < -0.39 is 5.82 Å². The van der Waals surface area contributed by atoms with Gasteiger partial charge in [-0.1, -0.05) is 6.07 Å². The van der Waals surface area contributed by atoms with Crippen molar-refractivity contribution in [3.05, 3.63) is 33.5 Å². The second-order valence-electron chi connectivity index (χ2n) is 1.67. The molecule has 0 saturated heterocycles.